The summed E-state index contributed by atoms with van der Waals surface area (Å²) in [6.45, 7) is 0.350. The molecule has 6 nitrogen and oxygen atoms in total. The molecule has 4 rings (SSSR count). The molecule has 0 radical (unpaired) electrons. The van der Waals surface area contributed by atoms with Gasteiger partial charge in [-0.05, 0) is 49.1 Å². The van der Waals surface area contributed by atoms with Crippen LogP contribution in [0.15, 0.2) is 48.7 Å². The second kappa shape index (κ2) is 8.93. The van der Waals surface area contributed by atoms with Crippen molar-refractivity contribution < 1.29 is 9.53 Å². The Morgan fingerprint density at radius 1 is 1.13 bits per heavy atom. The van der Waals surface area contributed by atoms with Crippen molar-refractivity contribution in [3.05, 3.63) is 76.1 Å². The van der Waals surface area contributed by atoms with Gasteiger partial charge in [0.15, 0.2) is 5.78 Å². The Hall–Kier alpha value is -3.43. The lowest BCUT2D eigenvalue weighted by Gasteiger charge is -2.11. The van der Waals surface area contributed by atoms with E-state index in [4.69, 9.17) is 16.3 Å². The Labute approximate surface area is 179 Å². The standard InChI is InChI=1S/C23H19ClN4O2/c24-17-7-5-15(6-8-17)14-30-19-10-16(12-25)9-18(11-19)27-23-26-13-20-21(28-23)3-1-2-4-22(20)29/h5-11,13H,1-4,14H2,(H,26,27,28). The van der Waals surface area contributed by atoms with E-state index in [-0.39, 0.29) is 5.78 Å². The molecule has 0 unspecified atom stereocenters. The molecule has 0 atom stereocenters. The lowest BCUT2D eigenvalue weighted by molar-refractivity contribution is 0.0981. The van der Waals surface area contributed by atoms with Crippen LogP contribution in [0.4, 0.5) is 11.6 Å². The molecule has 0 fully saturated rings. The SMILES string of the molecule is N#Cc1cc(Nc2ncc3c(n2)CCCCC3=O)cc(OCc2ccc(Cl)cc2)c1. The third kappa shape index (κ3) is 4.76. The smallest absolute Gasteiger partial charge is 0.227 e. The molecule has 0 saturated carbocycles. The summed E-state index contributed by atoms with van der Waals surface area (Å²) in [5.41, 5.74) is 3.44. The average Bonchev–Trinajstić information content (AvgIpc) is 2.94. The van der Waals surface area contributed by atoms with Gasteiger partial charge >= 0.3 is 0 Å². The first-order valence-electron chi connectivity index (χ1n) is 9.69. The Balaban J connectivity index is 1.53. The van der Waals surface area contributed by atoms with Crippen LogP contribution in [0.25, 0.3) is 0 Å². The normalized spacial score (nSPS) is 13.1. The number of hydrogen-bond acceptors (Lipinski definition) is 6. The number of benzene rings is 2. The average molecular weight is 419 g/mol. The van der Waals surface area contributed by atoms with Crippen molar-refractivity contribution in [1.82, 2.24) is 9.97 Å². The third-order valence-corrected chi connectivity index (χ3v) is 5.10. The Bertz CT molecular complexity index is 1120. The van der Waals surface area contributed by atoms with Crippen LogP contribution in [0.2, 0.25) is 5.02 Å². The summed E-state index contributed by atoms with van der Waals surface area (Å²) in [5, 5.41) is 13.2. The highest BCUT2D eigenvalue weighted by molar-refractivity contribution is 6.30. The molecule has 150 valence electrons. The van der Waals surface area contributed by atoms with Crippen molar-refractivity contribution in [2.24, 2.45) is 0 Å². The molecule has 1 heterocycles. The molecular weight excluding hydrogens is 400 g/mol. The van der Waals surface area contributed by atoms with Crippen molar-refractivity contribution in [1.29, 1.82) is 5.26 Å². The number of hydrogen-bond donors (Lipinski definition) is 1. The Morgan fingerprint density at radius 3 is 2.73 bits per heavy atom. The van der Waals surface area contributed by atoms with E-state index in [1.807, 2.05) is 12.1 Å². The predicted octanol–water partition coefficient (Wildman–Crippen LogP) is 5.23. The van der Waals surface area contributed by atoms with E-state index >= 15 is 0 Å². The fourth-order valence-corrected chi connectivity index (χ4v) is 3.44. The first-order valence-corrected chi connectivity index (χ1v) is 10.1. The van der Waals surface area contributed by atoms with Gasteiger partial charge in [0.25, 0.3) is 0 Å². The maximum atomic E-state index is 12.2. The van der Waals surface area contributed by atoms with Crippen LogP contribution in [0.3, 0.4) is 0 Å². The summed E-state index contributed by atoms with van der Waals surface area (Å²) in [7, 11) is 0. The zero-order valence-electron chi connectivity index (χ0n) is 16.2. The zero-order valence-corrected chi connectivity index (χ0v) is 16.9. The van der Waals surface area contributed by atoms with Gasteiger partial charge in [0.2, 0.25) is 5.95 Å². The highest BCUT2D eigenvalue weighted by Gasteiger charge is 2.18. The summed E-state index contributed by atoms with van der Waals surface area (Å²) in [5.74, 6) is 1.04. The summed E-state index contributed by atoms with van der Waals surface area (Å²) >= 11 is 5.91. The zero-order chi connectivity index (χ0) is 20.9. The molecule has 1 aromatic heterocycles. The highest BCUT2D eigenvalue weighted by atomic mass is 35.5. The van der Waals surface area contributed by atoms with Crippen LogP contribution in [0.1, 0.15) is 46.4 Å². The number of anilines is 2. The van der Waals surface area contributed by atoms with Gasteiger partial charge in [0.1, 0.15) is 12.4 Å². The minimum Gasteiger partial charge on any atom is -0.489 e. The first-order chi connectivity index (χ1) is 14.6. The number of Topliss-reactive ketones (excluding diaryl/α,β-unsaturated/α-hetero) is 1. The lowest BCUT2D eigenvalue weighted by atomic mass is 10.1. The van der Waals surface area contributed by atoms with Crippen LogP contribution in [-0.2, 0) is 13.0 Å². The van der Waals surface area contributed by atoms with Gasteiger partial charge in [-0.1, -0.05) is 23.7 Å². The van der Waals surface area contributed by atoms with Crippen LogP contribution in [0.5, 0.6) is 5.75 Å². The number of aromatic nitrogens is 2. The van der Waals surface area contributed by atoms with Gasteiger partial charge in [-0.2, -0.15) is 5.26 Å². The van der Waals surface area contributed by atoms with E-state index in [9.17, 15) is 10.1 Å². The molecule has 0 amide bonds. The van der Waals surface area contributed by atoms with E-state index in [2.05, 4.69) is 21.4 Å². The Kier molecular flexibility index (Phi) is 5.92. The fourth-order valence-electron chi connectivity index (χ4n) is 3.31. The molecule has 1 aliphatic carbocycles. The maximum absolute atomic E-state index is 12.2. The molecule has 1 N–H and O–H groups in total. The molecule has 0 spiro atoms. The van der Waals surface area contributed by atoms with Crippen LogP contribution >= 0.6 is 11.6 Å². The van der Waals surface area contributed by atoms with Gasteiger partial charge in [-0.15, -0.1) is 0 Å². The van der Waals surface area contributed by atoms with Crippen LogP contribution < -0.4 is 10.1 Å². The van der Waals surface area contributed by atoms with E-state index < -0.39 is 0 Å². The summed E-state index contributed by atoms with van der Waals surface area (Å²) in [6.07, 6.45) is 4.69. The van der Waals surface area contributed by atoms with Gasteiger partial charge in [0.05, 0.1) is 22.9 Å². The molecule has 30 heavy (non-hydrogen) atoms. The molecule has 1 aliphatic rings. The Morgan fingerprint density at radius 2 is 1.93 bits per heavy atom. The fraction of sp³-hybridized carbons (Fsp3) is 0.217. The molecule has 2 aromatic carbocycles. The number of halogens is 1. The second-order valence-electron chi connectivity index (χ2n) is 7.08. The number of aryl methyl sites for hydroxylation is 1. The van der Waals surface area contributed by atoms with Crippen molar-refractivity contribution in [3.63, 3.8) is 0 Å². The number of nitrogens with one attached hydrogen (secondary N) is 1. The number of carbonyl (C=O) groups is 1. The number of fused-ring (bicyclic) bond motifs is 1. The lowest BCUT2D eigenvalue weighted by Crippen LogP contribution is -2.07. The molecule has 7 heteroatoms. The number of ketones is 1. The summed E-state index contributed by atoms with van der Waals surface area (Å²) < 4.78 is 5.85. The minimum atomic E-state index is 0.0958. The highest BCUT2D eigenvalue weighted by Crippen LogP contribution is 2.25. The van der Waals surface area contributed by atoms with Gasteiger partial charge in [0, 0.05) is 29.4 Å². The van der Waals surface area contributed by atoms with Crippen molar-refractivity contribution in [2.75, 3.05) is 5.32 Å². The van der Waals surface area contributed by atoms with E-state index in [1.54, 1.807) is 36.5 Å². The number of rotatable bonds is 5. The molecule has 0 bridgehead atoms. The van der Waals surface area contributed by atoms with Crippen molar-refractivity contribution in [2.45, 2.75) is 32.3 Å². The van der Waals surface area contributed by atoms with Crippen LogP contribution in [0, 0.1) is 11.3 Å². The van der Waals surface area contributed by atoms with E-state index in [0.29, 0.717) is 46.6 Å². The largest absolute Gasteiger partial charge is 0.489 e. The number of carbonyl (C=O) groups excluding carboxylic acids is 1. The number of nitrogens with zero attached hydrogens (tertiary/aromatic N) is 3. The van der Waals surface area contributed by atoms with Crippen molar-refractivity contribution >= 4 is 29.0 Å². The third-order valence-electron chi connectivity index (χ3n) is 4.85. The van der Waals surface area contributed by atoms with Gasteiger partial charge in [-0.3, -0.25) is 4.79 Å². The van der Waals surface area contributed by atoms with Crippen molar-refractivity contribution in [3.8, 4) is 11.8 Å². The quantitative estimate of drug-likeness (QED) is 0.570. The van der Waals surface area contributed by atoms with E-state index in [0.717, 1.165) is 30.5 Å². The summed E-state index contributed by atoms with van der Waals surface area (Å²) in [6, 6.07) is 14.7. The minimum absolute atomic E-state index is 0.0958. The molecule has 0 saturated heterocycles. The van der Waals surface area contributed by atoms with Crippen LogP contribution in [-0.4, -0.2) is 15.8 Å². The topological polar surface area (TPSA) is 87.9 Å². The molecular formula is C23H19ClN4O2. The molecule has 0 aliphatic heterocycles. The number of ether oxygens (including phenoxy) is 1. The van der Waals surface area contributed by atoms with E-state index in [1.165, 1.54) is 0 Å². The maximum Gasteiger partial charge on any atom is 0.227 e. The second-order valence-corrected chi connectivity index (χ2v) is 7.52. The summed E-state index contributed by atoms with van der Waals surface area (Å²) in [4.78, 5) is 21.0. The van der Waals surface area contributed by atoms with Gasteiger partial charge < -0.3 is 10.1 Å². The predicted molar refractivity (Wildman–Crippen MR) is 114 cm³/mol. The molecule has 3 aromatic rings. The monoisotopic (exact) mass is 418 g/mol. The van der Waals surface area contributed by atoms with Gasteiger partial charge in [-0.25, -0.2) is 9.97 Å². The number of nitriles is 1. The first kappa shape index (κ1) is 19.9.